The molecule has 0 aromatic rings. The molecule has 0 aromatic carbocycles. The Hall–Kier alpha value is -1.83. The molecule has 0 aliphatic rings. The topological polar surface area (TPSA) is 108 Å². The molecular weight excluding hydrogens is 230 g/mol. The summed E-state index contributed by atoms with van der Waals surface area (Å²) in [6, 6.07) is -1.48. The number of carbonyl (C=O) groups is 3. The number of hydrogen-bond donors (Lipinski definition) is 3. The van der Waals surface area contributed by atoms with Crippen LogP contribution in [-0.2, 0) is 14.4 Å². The molecule has 1 unspecified atom stereocenters. The first-order chi connectivity index (χ1) is 7.88. The van der Waals surface area contributed by atoms with Gasteiger partial charge in [0.2, 0.25) is 5.91 Å². The second-order valence-corrected chi connectivity index (χ2v) is 3.33. The molecule has 98 valence electrons. The van der Waals surface area contributed by atoms with Gasteiger partial charge >= 0.3 is 12.0 Å². The highest BCUT2D eigenvalue weighted by Gasteiger charge is 2.18. The van der Waals surface area contributed by atoms with Gasteiger partial charge in [0.05, 0.1) is 0 Å². The summed E-state index contributed by atoms with van der Waals surface area (Å²) in [5, 5.41) is 10.6. The number of nitrogens with one attached hydrogen (secondary N) is 2. The molecule has 0 aromatic heterocycles. The number of urea groups is 1. The fourth-order valence-corrected chi connectivity index (χ4v) is 0.938. The number of rotatable bonds is 6. The molecule has 0 rings (SSSR count). The first-order valence-corrected chi connectivity index (χ1v) is 5.03. The van der Waals surface area contributed by atoms with E-state index in [1.54, 1.807) is 14.0 Å². The van der Waals surface area contributed by atoms with Gasteiger partial charge < -0.3 is 15.3 Å². The van der Waals surface area contributed by atoms with Crippen LogP contribution in [0.5, 0.6) is 0 Å². The first kappa shape index (κ1) is 15.2. The molecule has 17 heavy (non-hydrogen) atoms. The first-order valence-electron chi connectivity index (χ1n) is 5.03. The van der Waals surface area contributed by atoms with Crippen LogP contribution in [0.2, 0.25) is 0 Å². The van der Waals surface area contributed by atoms with E-state index in [0.717, 1.165) is 0 Å². The maximum atomic E-state index is 11.5. The fraction of sp³-hybridized carbons (Fsp3) is 0.667. The van der Waals surface area contributed by atoms with Gasteiger partial charge in [0.15, 0.2) is 6.61 Å². The Morgan fingerprint density at radius 2 is 2.00 bits per heavy atom. The molecule has 0 saturated heterocycles. The molecule has 0 saturated carbocycles. The number of likely N-dealkylation sites (N-methyl/N-ethyl adjacent to an activating group) is 1. The lowest BCUT2D eigenvalue weighted by Gasteiger charge is -2.20. The smallest absolute Gasteiger partial charge is 0.339 e. The number of hydrogen-bond acceptors (Lipinski definition) is 4. The minimum Gasteiger partial charge on any atom is -0.479 e. The largest absolute Gasteiger partial charge is 0.479 e. The normalized spacial score (nSPS) is 11.5. The third-order valence-corrected chi connectivity index (χ3v) is 1.93. The molecule has 0 bridgehead atoms. The van der Waals surface area contributed by atoms with Crippen LogP contribution in [0.4, 0.5) is 4.79 Å². The van der Waals surface area contributed by atoms with Crippen LogP contribution in [0.15, 0.2) is 0 Å². The van der Waals surface area contributed by atoms with E-state index < -0.39 is 24.6 Å². The third kappa shape index (κ3) is 6.36. The summed E-state index contributed by atoms with van der Waals surface area (Å²) in [7, 11) is 1.61. The van der Waals surface area contributed by atoms with E-state index >= 15 is 0 Å². The van der Waals surface area contributed by atoms with E-state index in [0.29, 0.717) is 6.54 Å². The molecular formula is C9H17N3O5. The highest BCUT2D eigenvalue weighted by atomic mass is 16.7. The third-order valence-electron chi connectivity index (χ3n) is 1.93. The van der Waals surface area contributed by atoms with Crippen LogP contribution in [0.25, 0.3) is 0 Å². The molecule has 0 aliphatic heterocycles. The summed E-state index contributed by atoms with van der Waals surface area (Å²) < 4.78 is 0. The van der Waals surface area contributed by atoms with Crippen LogP contribution >= 0.6 is 0 Å². The Balaban J connectivity index is 3.95. The van der Waals surface area contributed by atoms with E-state index in [-0.39, 0.29) is 5.91 Å². The monoisotopic (exact) mass is 247 g/mol. The Morgan fingerprint density at radius 1 is 1.41 bits per heavy atom. The maximum Gasteiger partial charge on any atom is 0.339 e. The van der Waals surface area contributed by atoms with Crippen molar-refractivity contribution in [3.63, 3.8) is 0 Å². The fourth-order valence-electron chi connectivity index (χ4n) is 0.938. The SMILES string of the molecule is CCN(C)C(=O)C(C)NC(=O)NOCC(=O)O. The second kappa shape index (κ2) is 7.44. The molecule has 3 N–H and O–H groups in total. The lowest BCUT2D eigenvalue weighted by molar-refractivity contribution is -0.144. The van der Waals surface area contributed by atoms with Crippen molar-refractivity contribution in [1.82, 2.24) is 15.7 Å². The van der Waals surface area contributed by atoms with Crippen molar-refractivity contribution in [2.75, 3.05) is 20.2 Å². The number of carboxylic acids is 1. The second-order valence-electron chi connectivity index (χ2n) is 3.33. The van der Waals surface area contributed by atoms with Gasteiger partial charge in [-0.3, -0.25) is 9.63 Å². The van der Waals surface area contributed by atoms with Gasteiger partial charge in [0, 0.05) is 13.6 Å². The van der Waals surface area contributed by atoms with Gasteiger partial charge in [-0.25, -0.2) is 15.1 Å². The van der Waals surface area contributed by atoms with Crippen molar-refractivity contribution in [1.29, 1.82) is 0 Å². The van der Waals surface area contributed by atoms with E-state index in [1.165, 1.54) is 11.8 Å². The summed E-state index contributed by atoms with van der Waals surface area (Å²) in [4.78, 5) is 38.5. The summed E-state index contributed by atoms with van der Waals surface area (Å²) in [6.45, 7) is 3.21. The Morgan fingerprint density at radius 3 is 2.47 bits per heavy atom. The Kier molecular flexibility index (Phi) is 6.64. The molecule has 3 amide bonds. The number of nitrogens with zero attached hydrogens (tertiary/aromatic N) is 1. The van der Waals surface area contributed by atoms with Gasteiger partial charge in [-0.2, -0.15) is 0 Å². The van der Waals surface area contributed by atoms with Crippen molar-refractivity contribution in [3.8, 4) is 0 Å². The number of carbonyl (C=O) groups excluding carboxylic acids is 2. The van der Waals surface area contributed by atoms with E-state index in [2.05, 4.69) is 10.2 Å². The van der Waals surface area contributed by atoms with E-state index in [9.17, 15) is 14.4 Å². The van der Waals surface area contributed by atoms with Gasteiger partial charge in [-0.15, -0.1) is 0 Å². The van der Waals surface area contributed by atoms with Crippen molar-refractivity contribution < 1.29 is 24.3 Å². The molecule has 0 fully saturated rings. The van der Waals surface area contributed by atoms with Crippen LogP contribution < -0.4 is 10.8 Å². The quantitative estimate of drug-likeness (QED) is 0.531. The summed E-state index contributed by atoms with van der Waals surface area (Å²) in [6.07, 6.45) is 0. The van der Waals surface area contributed by atoms with Gasteiger partial charge in [-0.05, 0) is 13.8 Å². The van der Waals surface area contributed by atoms with Crippen LogP contribution in [0, 0.1) is 0 Å². The van der Waals surface area contributed by atoms with Crippen molar-refractivity contribution in [3.05, 3.63) is 0 Å². The molecule has 0 spiro atoms. The van der Waals surface area contributed by atoms with Crippen LogP contribution in [0.3, 0.4) is 0 Å². The van der Waals surface area contributed by atoms with E-state index in [1.807, 2.05) is 5.48 Å². The van der Waals surface area contributed by atoms with Gasteiger partial charge in [0.25, 0.3) is 0 Å². The lowest BCUT2D eigenvalue weighted by atomic mass is 10.3. The van der Waals surface area contributed by atoms with Crippen molar-refractivity contribution >= 4 is 17.9 Å². The zero-order chi connectivity index (χ0) is 13.4. The molecule has 8 nitrogen and oxygen atoms in total. The molecule has 0 aliphatic carbocycles. The molecule has 8 heteroatoms. The number of amides is 3. The summed E-state index contributed by atoms with van der Waals surface area (Å²) >= 11 is 0. The number of hydroxylamine groups is 1. The van der Waals surface area contributed by atoms with Gasteiger partial charge in [0.1, 0.15) is 6.04 Å². The molecule has 1 atom stereocenters. The average Bonchev–Trinajstić information content (AvgIpc) is 2.26. The Bertz CT molecular complexity index is 294. The summed E-state index contributed by atoms with van der Waals surface area (Å²) in [5.74, 6) is -1.46. The zero-order valence-electron chi connectivity index (χ0n) is 10.0. The predicted octanol–water partition coefficient (Wildman–Crippen LogP) is -0.831. The lowest BCUT2D eigenvalue weighted by Crippen LogP contribution is -2.49. The zero-order valence-corrected chi connectivity index (χ0v) is 10.0. The number of carboxylic acid groups (broad SMARTS) is 1. The van der Waals surface area contributed by atoms with E-state index in [4.69, 9.17) is 5.11 Å². The van der Waals surface area contributed by atoms with Crippen molar-refractivity contribution in [2.24, 2.45) is 0 Å². The van der Waals surface area contributed by atoms with Gasteiger partial charge in [-0.1, -0.05) is 0 Å². The van der Waals surface area contributed by atoms with Crippen LogP contribution in [-0.4, -0.2) is 54.2 Å². The maximum absolute atomic E-state index is 11.5. The average molecular weight is 247 g/mol. The predicted molar refractivity (Wildman–Crippen MR) is 58.0 cm³/mol. The highest BCUT2D eigenvalue weighted by molar-refractivity contribution is 5.86. The highest BCUT2D eigenvalue weighted by Crippen LogP contribution is 1.91. The molecule has 0 radical (unpaired) electrons. The Labute approximate surface area is 98.9 Å². The number of aliphatic carboxylic acids is 1. The minimum atomic E-state index is -1.21. The van der Waals surface area contributed by atoms with Crippen LogP contribution in [0.1, 0.15) is 13.8 Å². The molecule has 0 heterocycles. The minimum absolute atomic E-state index is 0.249. The summed E-state index contributed by atoms with van der Waals surface area (Å²) in [5.41, 5.74) is 1.86. The van der Waals surface area contributed by atoms with Crippen molar-refractivity contribution in [2.45, 2.75) is 19.9 Å². The standard InChI is InChI=1S/C9H17N3O5/c1-4-12(3)8(15)6(2)10-9(16)11-17-5-7(13)14/h6H,4-5H2,1-3H3,(H,13,14)(H2,10,11,16).